The van der Waals surface area contributed by atoms with Gasteiger partial charge in [0.1, 0.15) is 0 Å². The summed E-state index contributed by atoms with van der Waals surface area (Å²) in [4.78, 5) is 46.0. The lowest BCUT2D eigenvalue weighted by Crippen LogP contribution is -2.42. The molecule has 1 rings (SSSR count). The Morgan fingerprint density at radius 1 is 1.10 bits per heavy atom. The Kier molecular flexibility index (Phi) is 20.9. The van der Waals surface area contributed by atoms with Crippen LogP contribution in [0.4, 0.5) is 0 Å². The van der Waals surface area contributed by atoms with Crippen molar-refractivity contribution in [2.24, 2.45) is 5.92 Å². The van der Waals surface area contributed by atoms with E-state index < -0.39 is 29.7 Å². The van der Waals surface area contributed by atoms with Crippen LogP contribution in [0.1, 0.15) is 65.7 Å². The maximum Gasteiger partial charge on any atom is 0.306 e. The highest BCUT2D eigenvalue weighted by Crippen LogP contribution is 2.39. The molecule has 1 fully saturated rings. The van der Waals surface area contributed by atoms with E-state index in [9.17, 15) is 19.2 Å². The number of Topliss-reactive ketones (excluding diaryl/α,β-unsaturated/α-hetero) is 1. The van der Waals surface area contributed by atoms with Gasteiger partial charge in [0.25, 0.3) is 0 Å². The molecule has 1 saturated heterocycles. The number of amides is 1. The molecule has 1 unspecified atom stereocenters. The van der Waals surface area contributed by atoms with Gasteiger partial charge in [-0.25, -0.2) is 0 Å². The Balaban J connectivity index is -0.00000225. The zero-order chi connectivity index (χ0) is 19.5. The Hall–Kier alpha value is -0.520. The normalized spacial score (nSPS) is 16.9. The van der Waals surface area contributed by atoms with E-state index in [1.54, 1.807) is 0 Å². The monoisotopic (exact) mass is 489 g/mol. The van der Waals surface area contributed by atoms with Crippen molar-refractivity contribution in [1.82, 2.24) is 5.32 Å². The maximum atomic E-state index is 12.2. The molecular weight excluding hydrogens is 454 g/mol. The first-order valence-corrected chi connectivity index (χ1v) is 11.2. The first-order valence-electron chi connectivity index (χ1n) is 8.84. The van der Waals surface area contributed by atoms with Crippen molar-refractivity contribution < 1.29 is 29.4 Å². The van der Waals surface area contributed by atoms with E-state index in [0.717, 1.165) is 19.3 Å². The number of unbranched alkanes of at least 4 members (excludes halogenated alkanes) is 1. The number of carbonyl (C=O) groups excluding carboxylic acids is 2. The quantitative estimate of drug-likeness (QED) is 0.265. The van der Waals surface area contributed by atoms with Gasteiger partial charge in [-0.3, -0.25) is 19.2 Å². The first-order chi connectivity index (χ1) is 12.3. The van der Waals surface area contributed by atoms with E-state index in [-0.39, 0.29) is 66.0 Å². The van der Waals surface area contributed by atoms with E-state index in [1.165, 1.54) is 19.1 Å². The SMILES string of the molecule is C.C[C@H](CC(=O)[C@H](CCC(=O)O)NC(=O)CCCCC1CCSS1)C(=O)O.S.S. The lowest BCUT2D eigenvalue weighted by atomic mass is 9.97. The molecule has 1 amide bonds. The van der Waals surface area contributed by atoms with E-state index in [2.05, 4.69) is 5.32 Å². The van der Waals surface area contributed by atoms with Gasteiger partial charge in [-0.2, -0.15) is 27.0 Å². The summed E-state index contributed by atoms with van der Waals surface area (Å²) >= 11 is 0. The van der Waals surface area contributed by atoms with Gasteiger partial charge in [0, 0.05) is 30.3 Å². The first kappa shape index (κ1) is 33.1. The number of carbonyl (C=O) groups is 4. The highest BCUT2D eigenvalue weighted by atomic mass is 33.1. The number of hydrogen-bond donors (Lipinski definition) is 3. The summed E-state index contributed by atoms with van der Waals surface area (Å²) in [5.41, 5.74) is 0. The van der Waals surface area contributed by atoms with Gasteiger partial charge in [0.2, 0.25) is 5.91 Å². The Morgan fingerprint density at radius 2 is 1.76 bits per heavy atom. The minimum Gasteiger partial charge on any atom is -0.481 e. The predicted molar refractivity (Wildman–Crippen MR) is 130 cm³/mol. The number of carboxylic acid groups (broad SMARTS) is 2. The van der Waals surface area contributed by atoms with Gasteiger partial charge in [-0.05, 0) is 25.7 Å². The number of nitrogens with one attached hydrogen (secondary N) is 1. The van der Waals surface area contributed by atoms with Crippen LogP contribution in [0.25, 0.3) is 0 Å². The molecule has 7 nitrogen and oxygen atoms in total. The molecule has 0 spiro atoms. The van der Waals surface area contributed by atoms with Crippen LogP contribution in [-0.4, -0.2) is 50.9 Å². The van der Waals surface area contributed by atoms with E-state index in [4.69, 9.17) is 10.2 Å². The molecule has 3 N–H and O–H groups in total. The number of aliphatic carboxylic acids is 2. The Labute approximate surface area is 195 Å². The van der Waals surface area contributed by atoms with Crippen molar-refractivity contribution >= 4 is 72.2 Å². The summed E-state index contributed by atoms with van der Waals surface area (Å²) in [7, 11) is 3.78. The third-order valence-electron chi connectivity index (χ3n) is 4.21. The highest BCUT2D eigenvalue weighted by Gasteiger charge is 2.25. The van der Waals surface area contributed by atoms with Crippen LogP contribution in [0.5, 0.6) is 0 Å². The molecule has 1 aliphatic heterocycles. The summed E-state index contributed by atoms with van der Waals surface area (Å²) in [5, 5.41) is 21.0. The Morgan fingerprint density at radius 3 is 2.28 bits per heavy atom. The smallest absolute Gasteiger partial charge is 0.306 e. The summed E-state index contributed by atoms with van der Waals surface area (Å²) in [6.45, 7) is 1.41. The largest absolute Gasteiger partial charge is 0.481 e. The van der Waals surface area contributed by atoms with Crippen LogP contribution >= 0.6 is 48.6 Å². The molecule has 0 radical (unpaired) electrons. The molecule has 1 heterocycles. The third-order valence-corrected chi connectivity index (χ3v) is 7.21. The Bertz CT molecular complexity index is 515. The lowest BCUT2D eigenvalue weighted by Gasteiger charge is -2.18. The van der Waals surface area contributed by atoms with Crippen molar-refractivity contribution in [2.45, 2.75) is 77.0 Å². The molecular formula is C18H35NO6S4. The molecule has 29 heavy (non-hydrogen) atoms. The molecule has 172 valence electrons. The van der Waals surface area contributed by atoms with Crippen LogP contribution < -0.4 is 5.32 Å². The standard InChI is InChI=1S/C17H27NO6S2.CH4.2H2S/c1-11(17(23)24)10-14(19)13(6-7-16(21)22)18-15(20)5-3-2-4-12-8-9-25-26-12;;;/h11-13H,2-10H2,1H3,(H,18,20)(H,21,22)(H,23,24);1H4;2*1H2/t11-,12?,13+;;;/m1.../s1. The average molecular weight is 490 g/mol. The van der Waals surface area contributed by atoms with E-state index >= 15 is 0 Å². The van der Waals surface area contributed by atoms with E-state index in [0.29, 0.717) is 5.25 Å². The van der Waals surface area contributed by atoms with Crippen molar-refractivity contribution in [1.29, 1.82) is 0 Å². The summed E-state index contributed by atoms with van der Waals surface area (Å²) in [6, 6.07) is -0.942. The molecule has 0 aromatic rings. The number of rotatable bonds is 13. The second-order valence-electron chi connectivity index (χ2n) is 6.54. The molecule has 0 bridgehead atoms. The van der Waals surface area contributed by atoms with Crippen LogP contribution in [0.15, 0.2) is 0 Å². The third kappa shape index (κ3) is 15.0. The van der Waals surface area contributed by atoms with Gasteiger partial charge < -0.3 is 15.5 Å². The summed E-state index contributed by atoms with van der Waals surface area (Å²) in [5.74, 6) is -2.56. The van der Waals surface area contributed by atoms with Crippen molar-refractivity contribution in [3.63, 3.8) is 0 Å². The number of hydrogen-bond acceptors (Lipinski definition) is 6. The molecule has 0 aliphatic carbocycles. The fourth-order valence-corrected chi connectivity index (χ4v) is 5.63. The second-order valence-corrected chi connectivity index (χ2v) is 9.32. The van der Waals surface area contributed by atoms with Crippen LogP contribution in [-0.2, 0) is 19.2 Å². The van der Waals surface area contributed by atoms with Gasteiger partial charge in [0.05, 0.1) is 12.0 Å². The van der Waals surface area contributed by atoms with Crippen molar-refractivity contribution in [2.75, 3.05) is 5.75 Å². The predicted octanol–water partition coefficient (Wildman–Crippen LogP) is 3.59. The van der Waals surface area contributed by atoms with Gasteiger partial charge in [0.15, 0.2) is 5.78 Å². The minimum atomic E-state index is -1.09. The van der Waals surface area contributed by atoms with Crippen LogP contribution in [0, 0.1) is 5.92 Å². The zero-order valence-corrected chi connectivity index (χ0v) is 19.6. The van der Waals surface area contributed by atoms with Crippen LogP contribution in [0.3, 0.4) is 0 Å². The average Bonchev–Trinajstić information content (AvgIpc) is 3.08. The molecule has 0 aromatic carbocycles. The van der Waals surface area contributed by atoms with Crippen molar-refractivity contribution in [3.05, 3.63) is 0 Å². The zero-order valence-electron chi connectivity index (χ0n) is 15.9. The summed E-state index contributed by atoms with van der Waals surface area (Å²) in [6.07, 6.45) is 3.72. The van der Waals surface area contributed by atoms with Gasteiger partial charge in [-0.1, -0.05) is 42.4 Å². The summed E-state index contributed by atoms with van der Waals surface area (Å²) < 4.78 is 0. The number of ketones is 1. The fraction of sp³-hybridized carbons (Fsp3) is 0.778. The highest BCUT2D eigenvalue weighted by molar-refractivity contribution is 8.77. The van der Waals surface area contributed by atoms with Crippen molar-refractivity contribution in [3.8, 4) is 0 Å². The van der Waals surface area contributed by atoms with E-state index in [1.807, 2.05) is 21.6 Å². The fourth-order valence-electron chi connectivity index (χ4n) is 2.60. The second kappa shape index (κ2) is 18.3. The molecule has 1 aliphatic rings. The van der Waals surface area contributed by atoms with Gasteiger partial charge in [-0.15, -0.1) is 0 Å². The minimum absolute atomic E-state index is 0. The number of carboxylic acids is 2. The van der Waals surface area contributed by atoms with Crippen LogP contribution in [0.2, 0.25) is 0 Å². The molecule has 0 saturated carbocycles. The maximum absolute atomic E-state index is 12.2. The molecule has 0 aromatic heterocycles. The molecule has 11 heteroatoms. The molecule has 3 atom stereocenters. The lowest BCUT2D eigenvalue weighted by molar-refractivity contribution is -0.143. The topological polar surface area (TPSA) is 121 Å². The van der Waals surface area contributed by atoms with Gasteiger partial charge >= 0.3 is 11.9 Å².